The molecule has 10 heteroatoms. The average Bonchev–Trinajstić information content (AvgIpc) is 3.31. The fraction of sp³-hybridized carbons (Fsp3) is 0.500. The van der Waals surface area contributed by atoms with Gasteiger partial charge in [-0.05, 0) is 81.5 Å². The highest BCUT2D eigenvalue weighted by atomic mass is 32.2. The number of carbonyl (C=O) groups excluding carboxylic acids is 1. The number of nitrogens with one attached hydrogen (secondary N) is 1. The van der Waals surface area contributed by atoms with Gasteiger partial charge in [-0.1, -0.05) is 6.07 Å². The Labute approximate surface area is 188 Å². The van der Waals surface area contributed by atoms with E-state index in [1.165, 1.54) is 22.3 Å². The zero-order chi connectivity index (χ0) is 21.0. The van der Waals surface area contributed by atoms with Crippen LogP contribution in [0.2, 0.25) is 0 Å². The van der Waals surface area contributed by atoms with Crippen molar-refractivity contribution < 1.29 is 14.1 Å². The largest absolute Gasteiger partial charge is 0.383 e. The highest BCUT2D eigenvalue weighted by molar-refractivity contribution is 7.93. The van der Waals surface area contributed by atoms with E-state index in [0.29, 0.717) is 10.7 Å². The topological polar surface area (TPSA) is 118 Å². The first-order valence-electron chi connectivity index (χ1n) is 9.79. The lowest BCUT2D eigenvalue weighted by molar-refractivity contribution is 0.0781. The molecule has 4 N–H and O–H groups in total. The molecular formula is C20H28N4O3S3. The van der Waals surface area contributed by atoms with Crippen LogP contribution in [-0.2, 0) is 41.2 Å². The summed E-state index contributed by atoms with van der Waals surface area (Å²) in [6.07, 6.45) is 6.06. The van der Waals surface area contributed by atoms with E-state index in [0.717, 1.165) is 55.5 Å². The van der Waals surface area contributed by atoms with Crippen molar-refractivity contribution in [3.05, 3.63) is 39.0 Å². The van der Waals surface area contributed by atoms with Gasteiger partial charge in [0, 0.05) is 5.69 Å². The number of rotatable bonds is 3. The van der Waals surface area contributed by atoms with Crippen LogP contribution in [0.3, 0.4) is 0 Å². The second-order valence-corrected chi connectivity index (χ2v) is 11.3. The number of urea groups is 1. The van der Waals surface area contributed by atoms with Gasteiger partial charge in [0.1, 0.15) is 14.8 Å². The van der Waals surface area contributed by atoms with E-state index in [-0.39, 0.29) is 17.7 Å². The predicted molar refractivity (Wildman–Crippen MR) is 125 cm³/mol. The van der Waals surface area contributed by atoms with Crippen molar-refractivity contribution in [1.29, 1.82) is 0 Å². The highest BCUT2D eigenvalue weighted by Gasteiger charge is 2.27. The lowest BCUT2D eigenvalue weighted by atomic mass is 9.99. The molecular weight excluding hydrogens is 440 g/mol. The summed E-state index contributed by atoms with van der Waals surface area (Å²) < 4.78 is 17.1. The Kier molecular flexibility index (Phi) is 6.37. The van der Waals surface area contributed by atoms with Gasteiger partial charge >= 0.3 is 6.03 Å². The van der Waals surface area contributed by atoms with Gasteiger partial charge in [-0.3, -0.25) is 0 Å². The first kappa shape index (κ1) is 23.2. The van der Waals surface area contributed by atoms with Gasteiger partial charge < -0.3 is 10.4 Å². The minimum absolute atomic E-state index is 0. The van der Waals surface area contributed by atoms with Crippen molar-refractivity contribution >= 4 is 46.5 Å². The number of aliphatic hydroxyl groups is 1. The number of thiazole rings is 1. The van der Waals surface area contributed by atoms with Crippen molar-refractivity contribution in [1.82, 2.24) is 4.98 Å². The van der Waals surface area contributed by atoms with Gasteiger partial charge in [-0.15, -0.1) is 15.7 Å². The normalized spacial score (nSPS) is 17.0. The van der Waals surface area contributed by atoms with Crippen LogP contribution in [0.15, 0.2) is 14.6 Å². The van der Waals surface area contributed by atoms with Crippen molar-refractivity contribution in [2.45, 2.75) is 69.1 Å². The second kappa shape index (κ2) is 8.23. The molecule has 7 nitrogen and oxygen atoms in total. The van der Waals surface area contributed by atoms with E-state index in [1.54, 1.807) is 20.8 Å². The third kappa shape index (κ3) is 4.29. The van der Waals surface area contributed by atoms with E-state index >= 15 is 0 Å². The average molecular weight is 469 g/mol. The molecule has 0 bridgehead atoms. The van der Waals surface area contributed by atoms with Crippen LogP contribution in [0.25, 0.3) is 0 Å². The third-order valence-electron chi connectivity index (χ3n) is 5.47. The lowest BCUT2D eigenvalue weighted by Crippen LogP contribution is -2.18. The van der Waals surface area contributed by atoms with Gasteiger partial charge in [0.2, 0.25) is 0 Å². The molecule has 0 aliphatic heterocycles. The van der Waals surface area contributed by atoms with E-state index < -0.39 is 21.5 Å². The number of anilines is 1. The number of hydrogen-bond acceptors (Lipinski definition) is 5. The molecule has 2 aromatic rings. The van der Waals surface area contributed by atoms with Crippen LogP contribution in [0.1, 0.15) is 59.6 Å². The SMILES string of the molecule is Cc1nc(C(C)(C)O)sc1S(N)(=O)=NC(=O)Nc1c2c(cc3c1CCC3)CCC2.S. The van der Waals surface area contributed by atoms with E-state index in [4.69, 9.17) is 5.14 Å². The third-order valence-corrected chi connectivity index (χ3v) is 8.96. The number of carbonyl (C=O) groups is 1. The van der Waals surface area contributed by atoms with Crippen LogP contribution >= 0.6 is 24.8 Å². The minimum atomic E-state index is -3.47. The summed E-state index contributed by atoms with van der Waals surface area (Å²) in [6.45, 7) is 4.83. The Morgan fingerprint density at radius 3 is 2.30 bits per heavy atom. The van der Waals surface area contributed by atoms with Gasteiger partial charge in [0.15, 0.2) is 9.92 Å². The molecule has 30 heavy (non-hydrogen) atoms. The fourth-order valence-electron chi connectivity index (χ4n) is 4.18. The summed E-state index contributed by atoms with van der Waals surface area (Å²) in [5.41, 5.74) is 5.01. The summed E-state index contributed by atoms with van der Waals surface area (Å²) in [5, 5.41) is 19.4. The van der Waals surface area contributed by atoms with Crippen LogP contribution in [0.5, 0.6) is 0 Å². The molecule has 0 spiro atoms. The summed E-state index contributed by atoms with van der Waals surface area (Å²) in [4.78, 5) is 17.0. The molecule has 1 aromatic heterocycles. The number of aryl methyl sites for hydroxylation is 3. The van der Waals surface area contributed by atoms with E-state index in [1.807, 2.05) is 0 Å². The Hall–Kier alpha value is -1.46. The van der Waals surface area contributed by atoms with Crippen LogP contribution in [0.4, 0.5) is 10.5 Å². The highest BCUT2D eigenvalue weighted by Crippen LogP contribution is 2.39. The van der Waals surface area contributed by atoms with E-state index in [9.17, 15) is 14.1 Å². The monoisotopic (exact) mass is 468 g/mol. The number of hydrogen-bond donors (Lipinski definition) is 3. The van der Waals surface area contributed by atoms with Crippen LogP contribution in [-0.4, -0.2) is 20.3 Å². The minimum Gasteiger partial charge on any atom is -0.383 e. The molecule has 1 heterocycles. The Morgan fingerprint density at radius 1 is 1.23 bits per heavy atom. The van der Waals surface area contributed by atoms with Gasteiger partial charge in [-0.2, -0.15) is 13.5 Å². The maximum absolute atomic E-state index is 13.1. The van der Waals surface area contributed by atoms with Crippen LogP contribution in [0, 0.1) is 6.92 Å². The standard InChI is InChI=1S/C20H26N4O3S2.H2S/c1-11-17(28-18(22-11)20(2,3)26)29(21,27)24-19(25)23-16-14-8-4-6-12(14)10-13-7-5-9-15(13)16;/h10,26H,4-9H2,1-3H3,(H3,21,23,24,25,27);1H2. The zero-order valence-electron chi connectivity index (χ0n) is 17.4. The summed E-state index contributed by atoms with van der Waals surface area (Å²) in [5.74, 6) is 0. The predicted octanol–water partition coefficient (Wildman–Crippen LogP) is 3.70. The van der Waals surface area contributed by atoms with Gasteiger partial charge in [0.25, 0.3) is 0 Å². The molecule has 2 amide bonds. The van der Waals surface area contributed by atoms with E-state index in [2.05, 4.69) is 20.7 Å². The van der Waals surface area contributed by atoms with Crippen LogP contribution < -0.4 is 10.5 Å². The maximum Gasteiger partial charge on any atom is 0.354 e. The second-order valence-electron chi connectivity index (χ2n) is 8.28. The Balaban J connectivity index is 0.00000256. The molecule has 1 unspecified atom stereocenters. The van der Waals surface area contributed by atoms with Crippen molar-refractivity contribution in [3.8, 4) is 0 Å². The fourth-order valence-corrected chi connectivity index (χ4v) is 6.65. The Bertz CT molecular complexity index is 1090. The smallest absolute Gasteiger partial charge is 0.354 e. The number of aromatic nitrogens is 1. The summed E-state index contributed by atoms with van der Waals surface area (Å²) in [7, 11) is -3.47. The zero-order valence-corrected chi connectivity index (χ0v) is 20.0. The molecule has 2 aliphatic rings. The molecule has 0 radical (unpaired) electrons. The maximum atomic E-state index is 13.1. The Morgan fingerprint density at radius 2 is 1.80 bits per heavy atom. The number of fused-ring (bicyclic) bond motifs is 2. The van der Waals surface area contributed by atoms with Gasteiger partial charge in [0.05, 0.1) is 5.69 Å². The number of benzene rings is 1. The molecule has 0 fully saturated rings. The molecule has 1 aromatic carbocycles. The molecule has 0 saturated carbocycles. The molecule has 4 rings (SSSR count). The van der Waals surface area contributed by atoms with Crippen molar-refractivity contribution in [2.24, 2.45) is 9.50 Å². The number of nitrogens with two attached hydrogens (primary N) is 1. The summed E-state index contributed by atoms with van der Waals surface area (Å²) in [6, 6.07) is 1.58. The first-order valence-corrected chi connectivity index (χ1v) is 12.2. The molecule has 164 valence electrons. The number of nitrogens with zero attached hydrogens (tertiary/aromatic N) is 2. The quantitative estimate of drug-likeness (QED) is 0.636. The molecule has 2 aliphatic carbocycles. The van der Waals surface area contributed by atoms with Crippen molar-refractivity contribution in [2.75, 3.05) is 5.32 Å². The number of amides is 2. The molecule has 0 saturated heterocycles. The molecule has 1 atom stereocenters. The first-order chi connectivity index (χ1) is 13.6. The van der Waals surface area contributed by atoms with Gasteiger partial charge in [-0.25, -0.2) is 19.1 Å². The summed E-state index contributed by atoms with van der Waals surface area (Å²) >= 11 is 1.03. The lowest BCUT2D eigenvalue weighted by Gasteiger charge is -2.15. The van der Waals surface area contributed by atoms with Crippen molar-refractivity contribution in [3.63, 3.8) is 0 Å².